The van der Waals surface area contributed by atoms with Gasteiger partial charge in [-0.15, -0.1) is 0 Å². The highest BCUT2D eigenvalue weighted by Gasteiger charge is 2.45. The summed E-state index contributed by atoms with van der Waals surface area (Å²) in [6.45, 7) is 4.07. The number of rotatable bonds is 5. The number of hydrogen-bond acceptors (Lipinski definition) is 1. The predicted octanol–water partition coefficient (Wildman–Crippen LogP) is 4.25. The van der Waals surface area contributed by atoms with Crippen LogP contribution in [0.1, 0.15) is 36.8 Å². The first-order valence-corrected chi connectivity index (χ1v) is 7.75. The molecule has 110 valence electrons. The maximum absolute atomic E-state index is 13.2. The molecule has 1 fully saturated rings. The topological polar surface area (TPSA) is 12.0 Å². The lowest BCUT2D eigenvalue weighted by atomic mass is 9.57. The van der Waals surface area contributed by atoms with Crippen molar-refractivity contribution >= 4 is 0 Å². The Kier molecular flexibility index (Phi) is 4.07. The lowest BCUT2D eigenvalue weighted by molar-refractivity contribution is 0.195. The first kappa shape index (κ1) is 14.3. The normalized spacial score (nSPS) is 24.6. The molecular weight excluding hydrogens is 261 g/mol. The van der Waals surface area contributed by atoms with Crippen molar-refractivity contribution in [3.8, 4) is 0 Å². The SMILES string of the molecule is CCNCC1(c2ccc(F)cc2)CC(c2ccccc2)C1. The van der Waals surface area contributed by atoms with Crippen molar-refractivity contribution in [2.75, 3.05) is 13.1 Å². The number of halogens is 1. The molecular formula is C19H22FN. The molecule has 1 aliphatic carbocycles. The molecule has 0 bridgehead atoms. The highest BCUT2D eigenvalue weighted by molar-refractivity contribution is 5.35. The minimum atomic E-state index is -0.156. The zero-order valence-corrected chi connectivity index (χ0v) is 12.5. The van der Waals surface area contributed by atoms with E-state index in [4.69, 9.17) is 0 Å². The molecule has 0 unspecified atom stereocenters. The molecule has 2 heteroatoms. The molecule has 0 aromatic heterocycles. The number of hydrogen-bond donors (Lipinski definition) is 1. The number of likely N-dealkylation sites (N-methyl/N-ethyl adjacent to an activating group) is 1. The van der Waals surface area contributed by atoms with E-state index in [0.717, 1.165) is 25.9 Å². The molecule has 0 spiro atoms. The third-order valence-corrected chi connectivity index (χ3v) is 4.72. The molecule has 3 rings (SSSR count). The van der Waals surface area contributed by atoms with Crippen LogP contribution in [0.15, 0.2) is 54.6 Å². The Morgan fingerprint density at radius 1 is 1.05 bits per heavy atom. The van der Waals surface area contributed by atoms with E-state index in [1.165, 1.54) is 11.1 Å². The van der Waals surface area contributed by atoms with Gasteiger partial charge >= 0.3 is 0 Å². The lowest BCUT2D eigenvalue weighted by Gasteiger charge is -2.49. The summed E-state index contributed by atoms with van der Waals surface area (Å²) in [4.78, 5) is 0. The monoisotopic (exact) mass is 283 g/mol. The second-order valence-electron chi connectivity index (χ2n) is 6.08. The summed E-state index contributed by atoms with van der Waals surface area (Å²) in [5, 5.41) is 3.48. The average molecular weight is 283 g/mol. The van der Waals surface area contributed by atoms with E-state index in [9.17, 15) is 4.39 Å². The lowest BCUT2D eigenvalue weighted by Crippen LogP contribution is -2.47. The van der Waals surface area contributed by atoms with Gasteiger partial charge in [0, 0.05) is 12.0 Å². The molecule has 0 amide bonds. The highest BCUT2D eigenvalue weighted by atomic mass is 19.1. The van der Waals surface area contributed by atoms with Gasteiger partial charge in [-0.25, -0.2) is 4.39 Å². The summed E-state index contributed by atoms with van der Waals surface area (Å²) < 4.78 is 13.2. The molecule has 0 heterocycles. The van der Waals surface area contributed by atoms with Crippen LogP contribution in [0.5, 0.6) is 0 Å². The molecule has 1 aliphatic rings. The predicted molar refractivity (Wildman–Crippen MR) is 85.0 cm³/mol. The van der Waals surface area contributed by atoms with Gasteiger partial charge in [0.2, 0.25) is 0 Å². The Balaban J connectivity index is 1.79. The minimum Gasteiger partial charge on any atom is -0.316 e. The van der Waals surface area contributed by atoms with Crippen LogP contribution in [0.2, 0.25) is 0 Å². The van der Waals surface area contributed by atoms with Crippen LogP contribution in [-0.2, 0) is 5.41 Å². The van der Waals surface area contributed by atoms with E-state index >= 15 is 0 Å². The van der Waals surface area contributed by atoms with Crippen molar-refractivity contribution in [2.45, 2.75) is 31.1 Å². The molecule has 2 aromatic carbocycles. The second-order valence-corrected chi connectivity index (χ2v) is 6.08. The van der Waals surface area contributed by atoms with Gasteiger partial charge in [-0.2, -0.15) is 0 Å². The van der Waals surface area contributed by atoms with Crippen LogP contribution in [0, 0.1) is 5.82 Å². The van der Waals surface area contributed by atoms with Crippen molar-refractivity contribution in [3.63, 3.8) is 0 Å². The maximum Gasteiger partial charge on any atom is 0.123 e. The fourth-order valence-electron chi connectivity index (χ4n) is 3.49. The largest absolute Gasteiger partial charge is 0.316 e. The van der Waals surface area contributed by atoms with E-state index in [2.05, 4.69) is 42.6 Å². The Labute approximate surface area is 126 Å². The Bertz CT molecular complexity index is 570. The molecule has 0 radical (unpaired) electrons. The van der Waals surface area contributed by atoms with Crippen LogP contribution < -0.4 is 5.32 Å². The summed E-state index contributed by atoms with van der Waals surface area (Å²) in [6, 6.07) is 17.8. The van der Waals surface area contributed by atoms with Crippen LogP contribution in [0.25, 0.3) is 0 Å². The summed E-state index contributed by atoms with van der Waals surface area (Å²) in [5.74, 6) is 0.464. The fourth-order valence-corrected chi connectivity index (χ4v) is 3.49. The van der Waals surface area contributed by atoms with Crippen molar-refractivity contribution < 1.29 is 4.39 Å². The second kappa shape index (κ2) is 5.98. The number of nitrogens with one attached hydrogen (secondary N) is 1. The van der Waals surface area contributed by atoms with Gasteiger partial charge in [0.15, 0.2) is 0 Å². The summed E-state index contributed by atoms with van der Waals surface area (Å²) in [7, 11) is 0. The molecule has 0 aliphatic heterocycles. The standard InChI is InChI=1S/C19H22FN/c1-2-21-14-19(17-8-10-18(20)11-9-17)12-16(13-19)15-6-4-3-5-7-15/h3-11,16,21H,2,12-14H2,1H3. The van der Waals surface area contributed by atoms with Crippen LogP contribution >= 0.6 is 0 Å². The van der Waals surface area contributed by atoms with Crippen LogP contribution in [0.3, 0.4) is 0 Å². The third-order valence-electron chi connectivity index (χ3n) is 4.72. The minimum absolute atomic E-state index is 0.156. The first-order chi connectivity index (χ1) is 10.2. The Hall–Kier alpha value is -1.67. The van der Waals surface area contributed by atoms with Crippen molar-refractivity contribution in [1.82, 2.24) is 5.32 Å². The van der Waals surface area contributed by atoms with Crippen molar-refractivity contribution in [1.29, 1.82) is 0 Å². The van der Waals surface area contributed by atoms with Gasteiger partial charge in [-0.3, -0.25) is 0 Å². The molecule has 1 nitrogen and oxygen atoms in total. The van der Waals surface area contributed by atoms with E-state index in [-0.39, 0.29) is 11.2 Å². The summed E-state index contributed by atoms with van der Waals surface area (Å²) >= 11 is 0. The van der Waals surface area contributed by atoms with E-state index < -0.39 is 0 Å². The fraction of sp³-hybridized carbons (Fsp3) is 0.368. The molecule has 0 atom stereocenters. The number of benzene rings is 2. The van der Waals surface area contributed by atoms with Gasteiger partial charge in [0.25, 0.3) is 0 Å². The van der Waals surface area contributed by atoms with Gasteiger partial charge in [-0.05, 0) is 48.6 Å². The third kappa shape index (κ3) is 2.86. The smallest absolute Gasteiger partial charge is 0.123 e. The molecule has 1 saturated carbocycles. The van der Waals surface area contributed by atoms with E-state index in [1.54, 1.807) is 12.1 Å². The summed E-state index contributed by atoms with van der Waals surface area (Å²) in [5.41, 5.74) is 2.84. The van der Waals surface area contributed by atoms with E-state index in [0.29, 0.717) is 5.92 Å². The summed E-state index contributed by atoms with van der Waals surface area (Å²) in [6.07, 6.45) is 2.27. The zero-order chi connectivity index (χ0) is 14.7. The van der Waals surface area contributed by atoms with Gasteiger partial charge in [0.05, 0.1) is 0 Å². The van der Waals surface area contributed by atoms with Gasteiger partial charge < -0.3 is 5.32 Å². The maximum atomic E-state index is 13.2. The van der Waals surface area contributed by atoms with Crippen LogP contribution in [-0.4, -0.2) is 13.1 Å². The average Bonchev–Trinajstić information content (AvgIpc) is 2.49. The zero-order valence-electron chi connectivity index (χ0n) is 12.5. The first-order valence-electron chi connectivity index (χ1n) is 7.75. The highest BCUT2D eigenvalue weighted by Crippen LogP contribution is 2.52. The van der Waals surface area contributed by atoms with Crippen molar-refractivity contribution in [2.24, 2.45) is 0 Å². The molecule has 2 aromatic rings. The quantitative estimate of drug-likeness (QED) is 0.865. The molecule has 0 saturated heterocycles. The van der Waals surface area contributed by atoms with Gasteiger partial charge in [0.1, 0.15) is 5.82 Å². The van der Waals surface area contributed by atoms with E-state index in [1.807, 2.05) is 12.1 Å². The van der Waals surface area contributed by atoms with Gasteiger partial charge in [-0.1, -0.05) is 49.4 Å². The molecule has 1 N–H and O–H groups in total. The van der Waals surface area contributed by atoms with Crippen molar-refractivity contribution in [3.05, 3.63) is 71.5 Å². The Morgan fingerprint density at radius 2 is 1.71 bits per heavy atom. The Morgan fingerprint density at radius 3 is 2.33 bits per heavy atom. The molecule has 21 heavy (non-hydrogen) atoms. The van der Waals surface area contributed by atoms with Crippen LogP contribution in [0.4, 0.5) is 4.39 Å².